The van der Waals surface area contributed by atoms with Crippen LogP contribution in [0.1, 0.15) is 26.2 Å². The van der Waals surface area contributed by atoms with Crippen LogP contribution in [0.25, 0.3) is 0 Å². The summed E-state index contributed by atoms with van der Waals surface area (Å²) in [7, 11) is 0. The number of ether oxygens (including phenoxy) is 1. The zero-order valence-electron chi connectivity index (χ0n) is 10.6. The second-order valence-corrected chi connectivity index (χ2v) is 5.33. The molecule has 1 rings (SSSR count). The van der Waals surface area contributed by atoms with Gasteiger partial charge in [-0.25, -0.2) is 0 Å². The number of nitriles is 1. The Hall–Kier alpha value is -0.730. The number of hydrogen-bond acceptors (Lipinski definition) is 4. The smallest absolute Gasteiger partial charge is 0.224 e. The number of carbonyl (C=O) groups is 1. The summed E-state index contributed by atoms with van der Waals surface area (Å²) in [6.07, 6.45) is 3.96. The van der Waals surface area contributed by atoms with E-state index in [0.717, 1.165) is 12.8 Å². The highest BCUT2D eigenvalue weighted by Crippen LogP contribution is 2.33. The predicted molar refractivity (Wildman–Crippen MR) is 68.8 cm³/mol. The lowest BCUT2D eigenvalue weighted by Crippen LogP contribution is -2.44. The number of likely N-dealkylation sites (tertiary alicyclic amines) is 1. The maximum absolute atomic E-state index is 11.8. The van der Waals surface area contributed by atoms with E-state index in [1.165, 1.54) is 0 Å². The van der Waals surface area contributed by atoms with E-state index in [1.54, 1.807) is 11.8 Å². The van der Waals surface area contributed by atoms with Crippen molar-refractivity contribution in [1.29, 1.82) is 5.26 Å². The molecule has 1 fully saturated rings. The van der Waals surface area contributed by atoms with E-state index in [2.05, 4.69) is 6.07 Å². The van der Waals surface area contributed by atoms with Crippen LogP contribution in [0.4, 0.5) is 0 Å². The fourth-order valence-electron chi connectivity index (χ4n) is 1.94. The number of rotatable bonds is 5. The Kier molecular flexibility index (Phi) is 5.79. The Morgan fingerprint density at radius 2 is 2.18 bits per heavy atom. The highest BCUT2D eigenvalue weighted by Gasteiger charge is 2.35. The van der Waals surface area contributed by atoms with Gasteiger partial charge >= 0.3 is 0 Å². The molecule has 4 nitrogen and oxygen atoms in total. The summed E-state index contributed by atoms with van der Waals surface area (Å²) in [5.41, 5.74) is 0. The van der Waals surface area contributed by atoms with Crippen LogP contribution in [0.2, 0.25) is 0 Å². The molecule has 5 heteroatoms. The maximum Gasteiger partial charge on any atom is 0.224 e. The van der Waals surface area contributed by atoms with E-state index in [4.69, 9.17) is 10.00 Å². The summed E-state index contributed by atoms with van der Waals surface area (Å²) >= 11 is 1.60. The van der Waals surface area contributed by atoms with Gasteiger partial charge in [0.1, 0.15) is 4.75 Å². The normalized spacial score (nSPS) is 18.8. The van der Waals surface area contributed by atoms with Crippen molar-refractivity contribution >= 4 is 17.7 Å². The molecule has 1 aliphatic heterocycles. The molecule has 96 valence electrons. The van der Waals surface area contributed by atoms with Gasteiger partial charge in [0.05, 0.1) is 19.1 Å². The van der Waals surface area contributed by atoms with Crippen molar-refractivity contribution in [1.82, 2.24) is 4.90 Å². The quantitative estimate of drug-likeness (QED) is 0.702. The molecule has 1 heterocycles. The molecule has 0 bridgehead atoms. The molecule has 1 saturated heterocycles. The molecule has 0 radical (unpaired) electrons. The third-order valence-electron chi connectivity index (χ3n) is 3.18. The number of nitrogens with zero attached hydrogens (tertiary/aromatic N) is 2. The van der Waals surface area contributed by atoms with Crippen molar-refractivity contribution in [2.75, 3.05) is 32.6 Å². The molecule has 0 atom stereocenters. The first kappa shape index (κ1) is 14.3. The molecule has 1 amide bonds. The van der Waals surface area contributed by atoms with Gasteiger partial charge in [0.2, 0.25) is 5.91 Å². The molecular weight excluding hydrogens is 236 g/mol. The van der Waals surface area contributed by atoms with Crippen molar-refractivity contribution in [3.8, 4) is 6.07 Å². The van der Waals surface area contributed by atoms with E-state index in [0.29, 0.717) is 32.7 Å². The Morgan fingerprint density at radius 1 is 1.53 bits per heavy atom. The topological polar surface area (TPSA) is 53.3 Å². The Bertz CT molecular complexity index is 293. The fourth-order valence-corrected chi connectivity index (χ4v) is 2.62. The van der Waals surface area contributed by atoms with Crippen LogP contribution in [0, 0.1) is 11.3 Å². The van der Waals surface area contributed by atoms with E-state index >= 15 is 0 Å². The highest BCUT2D eigenvalue weighted by molar-refractivity contribution is 8.00. The van der Waals surface area contributed by atoms with E-state index in [1.807, 2.05) is 18.1 Å². The molecule has 0 spiro atoms. The van der Waals surface area contributed by atoms with Crippen molar-refractivity contribution in [2.45, 2.75) is 30.9 Å². The summed E-state index contributed by atoms with van der Waals surface area (Å²) < 4.78 is 4.89. The minimum Gasteiger partial charge on any atom is -0.381 e. The van der Waals surface area contributed by atoms with Crippen LogP contribution in [0.5, 0.6) is 0 Å². The largest absolute Gasteiger partial charge is 0.381 e. The minimum atomic E-state index is -0.281. The second kappa shape index (κ2) is 6.87. The zero-order chi connectivity index (χ0) is 12.7. The van der Waals surface area contributed by atoms with Crippen LogP contribution < -0.4 is 0 Å². The van der Waals surface area contributed by atoms with Crippen LogP contribution in [-0.4, -0.2) is 48.1 Å². The first-order valence-electron chi connectivity index (χ1n) is 5.99. The summed E-state index contributed by atoms with van der Waals surface area (Å²) in [4.78, 5) is 13.7. The Balaban J connectivity index is 2.36. The summed E-state index contributed by atoms with van der Waals surface area (Å²) in [6, 6.07) is 2.38. The number of carbonyl (C=O) groups excluding carboxylic acids is 1. The lowest BCUT2D eigenvalue weighted by atomic mass is 9.97. The van der Waals surface area contributed by atoms with Gasteiger partial charge in [-0.3, -0.25) is 4.79 Å². The number of thioether (sulfide) groups is 1. The molecule has 0 aliphatic carbocycles. The van der Waals surface area contributed by atoms with Crippen molar-refractivity contribution in [2.24, 2.45) is 0 Å². The molecule has 0 N–H and O–H groups in total. The number of amides is 1. The van der Waals surface area contributed by atoms with Gasteiger partial charge in [-0.15, -0.1) is 11.8 Å². The van der Waals surface area contributed by atoms with E-state index in [9.17, 15) is 4.79 Å². The number of hydrogen-bond donors (Lipinski definition) is 0. The Morgan fingerprint density at radius 3 is 2.65 bits per heavy atom. The average Bonchev–Trinajstić information content (AvgIpc) is 2.39. The van der Waals surface area contributed by atoms with Gasteiger partial charge in [0, 0.05) is 19.7 Å². The molecule has 0 aromatic heterocycles. The minimum absolute atomic E-state index is 0.145. The van der Waals surface area contributed by atoms with Crippen molar-refractivity contribution in [3.63, 3.8) is 0 Å². The van der Waals surface area contributed by atoms with Crippen molar-refractivity contribution in [3.05, 3.63) is 0 Å². The molecule has 17 heavy (non-hydrogen) atoms. The monoisotopic (exact) mass is 256 g/mol. The maximum atomic E-state index is 11.8. The summed E-state index contributed by atoms with van der Waals surface area (Å²) in [6.45, 7) is 4.46. The first-order valence-corrected chi connectivity index (χ1v) is 7.22. The zero-order valence-corrected chi connectivity index (χ0v) is 11.4. The van der Waals surface area contributed by atoms with Crippen LogP contribution in [-0.2, 0) is 9.53 Å². The first-order chi connectivity index (χ1) is 8.17. The van der Waals surface area contributed by atoms with Crippen LogP contribution in [0.3, 0.4) is 0 Å². The van der Waals surface area contributed by atoms with Gasteiger partial charge in [0.25, 0.3) is 0 Å². The Labute approximate surface area is 107 Å². The third kappa shape index (κ3) is 3.90. The standard InChI is InChI=1S/C12H20N2O2S/c1-3-16-9-4-11(15)14-7-5-12(10-13,17-2)6-8-14/h3-9H2,1-2H3. The van der Waals surface area contributed by atoms with Crippen molar-refractivity contribution < 1.29 is 9.53 Å². The molecule has 0 saturated carbocycles. The molecule has 1 aliphatic rings. The fraction of sp³-hybridized carbons (Fsp3) is 0.833. The molecule has 0 aromatic rings. The van der Waals surface area contributed by atoms with Gasteiger partial charge in [0.15, 0.2) is 0 Å². The molecular formula is C12H20N2O2S. The van der Waals surface area contributed by atoms with Gasteiger partial charge in [-0.05, 0) is 26.0 Å². The SMILES string of the molecule is CCOCCC(=O)N1CCC(C#N)(SC)CC1. The third-order valence-corrected chi connectivity index (χ3v) is 4.46. The highest BCUT2D eigenvalue weighted by atomic mass is 32.2. The van der Waals surface area contributed by atoms with Gasteiger partial charge < -0.3 is 9.64 Å². The summed E-state index contributed by atoms with van der Waals surface area (Å²) in [5, 5.41) is 9.15. The van der Waals surface area contributed by atoms with Gasteiger partial charge in [-0.2, -0.15) is 5.26 Å². The number of piperidine rings is 1. The average molecular weight is 256 g/mol. The summed E-state index contributed by atoms with van der Waals surface area (Å²) in [5.74, 6) is 0.145. The molecule has 0 unspecified atom stereocenters. The lowest BCUT2D eigenvalue weighted by molar-refractivity contribution is -0.133. The van der Waals surface area contributed by atoms with Crippen LogP contribution in [0.15, 0.2) is 0 Å². The lowest BCUT2D eigenvalue weighted by Gasteiger charge is -2.36. The second-order valence-electron chi connectivity index (χ2n) is 4.14. The predicted octanol–water partition coefficient (Wildman–Crippen LogP) is 1.66. The van der Waals surface area contributed by atoms with Crippen LogP contribution >= 0.6 is 11.8 Å². The van der Waals surface area contributed by atoms with E-state index in [-0.39, 0.29) is 10.7 Å². The van der Waals surface area contributed by atoms with E-state index < -0.39 is 0 Å². The molecule has 0 aromatic carbocycles. The van der Waals surface area contributed by atoms with Gasteiger partial charge in [-0.1, -0.05) is 0 Å².